The van der Waals surface area contributed by atoms with Gasteiger partial charge in [0, 0.05) is 11.8 Å². The van der Waals surface area contributed by atoms with Gasteiger partial charge in [0.25, 0.3) is 0 Å². The van der Waals surface area contributed by atoms with E-state index in [1.54, 1.807) is 19.9 Å². The molecule has 1 rings (SSSR count). The van der Waals surface area contributed by atoms with E-state index in [1.807, 2.05) is 0 Å². The average molecular weight is 195 g/mol. The highest BCUT2D eigenvalue weighted by atomic mass is 16.3. The fourth-order valence-electron chi connectivity index (χ4n) is 1.25. The molecule has 0 fully saturated rings. The second-order valence-corrected chi connectivity index (χ2v) is 4.10. The van der Waals surface area contributed by atoms with E-state index in [2.05, 4.69) is 9.97 Å². The molecule has 1 heterocycles. The van der Waals surface area contributed by atoms with E-state index < -0.39 is 5.60 Å². The summed E-state index contributed by atoms with van der Waals surface area (Å²) in [4.78, 5) is 7.90. The maximum absolute atomic E-state index is 9.49. The molecule has 0 saturated heterocycles. The molecule has 14 heavy (non-hydrogen) atoms. The van der Waals surface area contributed by atoms with Crippen molar-refractivity contribution >= 4 is 5.82 Å². The number of nitrogens with two attached hydrogens (primary N) is 1. The average Bonchev–Trinajstić information content (AvgIpc) is 2.01. The van der Waals surface area contributed by atoms with E-state index in [0.29, 0.717) is 5.82 Å². The summed E-state index contributed by atoms with van der Waals surface area (Å²) in [5.74, 6) is 0.498. The lowest BCUT2D eigenvalue weighted by Gasteiger charge is -2.16. The zero-order valence-electron chi connectivity index (χ0n) is 8.70. The molecule has 0 spiro atoms. The molecule has 78 valence electrons. The summed E-state index contributed by atoms with van der Waals surface area (Å²) in [7, 11) is 0. The van der Waals surface area contributed by atoms with Gasteiger partial charge in [-0.2, -0.15) is 0 Å². The van der Waals surface area contributed by atoms with Gasteiger partial charge in [-0.3, -0.25) is 0 Å². The first-order chi connectivity index (χ1) is 6.47. The number of aryl methyl sites for hydroxylation is 1. The Morgan fingerprint density at radius 2 is 2.14 bits per heavy atom. The van der Waals surface area contributed by atoms with Gasteiger partial charge in [0.05, 0.1) is 5.60 Å². The van der Waals surface area contributed by atoms with Crippen molar-refractivity contribution in [2.75, 3.05) is 5.73 Å². The predicted octanol–water partition coefficient (Wildman–Crippen LogP) is 1.15. The molecule has 0 unspecified atom stereocenters. The molecule has 0 aliphatic heterocycles. The van der Waals surface area contributed by atoms with Crippen molar-refractivity contribution < 1.29 is 5.11 Å². The van der Waals surface area contributed by atoms with Crippen LogP contribution < -0.4 is 5.73 Å². The van der Waals surface area contributed by atoms with Crippen LogP contribution in [0.3, 0.4) is 0 Å². The largest absolute Gasteiger partial charge is 0.390 e. The quantitative estimate of drug-likeness (QED) is 0.756. The van der Waals surface area contributed by atoms with Crippen LogP contribution in [0.4, 0.5) is 5.82 Å². The highest BCUT2D eigenvalue weighted by Gasteiger charge is 2.11. The number of hydrogen-bond acceptors (Lipinski definition) is 4. The van der Waals surface area contributed by atoms with Crippen LogP contribution in [-0.2, 0) is 6.42 Å². The third-order valence-corrected chi connectivity index (χ3v) is 1.97. The van der Waals surface area contributed by atoms with Crippen LogP contribution >= 0.6 is 0 Å². The number of hydrogen-bond donors (Lipinski definition) is 2. The molecule has 4 heteroatoms. The Balaban J connectivity index is 2.39. The van der Waals surface area contributed by atoms with Crippen LogP contribution in [-0.4, -0.2) is 20.7 Å². The van der Waals surface area contributed by atoms with Crippen molar-refractivity contribution in [1.29, 1.82) is 0 Å². The summed E-state index contributed by atoms with van der Waals surface area (Å²) < 4.78 is 0. The van der Waals surface area contributed by atoms with E-state index in [0.717, 1.165) is 25.0 Å². The summed E-state index contributed by atoms with van der Waals surface area (Å²) in [5.41, 5.74) is 5.85. The third-order valence-electron chi connectivity index (χ3n) is 1.97. The lowest BCUT2D eigenvalue weighted by atomic mass is 10.0. The van der Waals surface area contributed by atoms with Crippen molar-refractivity contribution in [3.63, 3.8) is 0 Å². The Morgan fingerprint density at radius 1 is 1.43 bits per heavy atom. The molecule has 0 aliphatic carbocycles. The lowest BCUT2D eigenvalue weighted by molar-refractivity contribution is 0.0689. The van der Waals surface area contributed by atoms with Gasteiger partial charge < -0.3 is 10.8 Å². The van der Waals surface area contributed by atoms with E-state index in [9.17, 15) is 5.11 Å². The molecular formula is C10H17N3O. The monoisotopic (exact) mass is 195 g/mol. The molecule has 4 nitrogen and oxygen atoms in total. The second-order valence-electron chi connectivity index (χ2n) is 4.10. The molecule has 1 aromatic rings. The van der Waals surface area contributed by atoms with Gasteiger partial charge in [0.1, 0.15) is 12.1 Å². The molecule has 1 aromatic heterocycles. The zero-order valence-corrected chi connectivity index (χ0v) is 8.70. The van der Waals surface area contributed by atoms with Gasteiger partial charge in [0.15, 0.2) is 0 Å². The first-order valence-electron chi connectivity index (χ1n) is 4.76. The minimum Gasteiger partial charge on any atom is -0.390 e. The minimum atomic E-state index is -0.599. The lowest BCUT2D eigenvalue weighted by Crippen LogP contribution is -2.18. The molecular weight excluding hydrogens is 178 g/mol. The number of rotatable bonds is 4. The second kappa shape index (κ2) is 4.37. The number of nitrogen functional groups attached to an aromatic ring is 1. The van der Waals surface area contributed by atoms with Gasteiger partial charge >= 0.3 is 0 Å². The minimum absolute atomic E-state index is 0.498. The topological polar surface area (TPSA) is 72.0 Å². The van der Waals surface area contributed by atoms with Gasteiger partial charge in [0.2, 0.25) is 0 Å². The highest BCUT2D eigenvalue weighted by Crippen LogP contribution is 2.12. The summed E-state index contributed by atoms with van der Waals surface area (Å²) in [5, 5.41) is 9.49. The molecule has 0 saturated carbocycles. The molecule has 3 N–H and O–H groups in total. The Labute approximate surface area is 84.2 Å². The van der Waals surface area contributed by atoms with Crippen molar-refractivity contribution in [2.45, 2.75) is 38.7 Å². The van der Waals surface area contributed by atoms with Crippen LogP contribution in [0.25, 0.3) is 0 Å². The van der Waals surface area contributed by atoms with Crippen LogP contribution in [0.1, 0.15) is 32.4 Å². The molecule has 0 bridgehead atoms. The van der Waals surface area contributed by atoms with Crippen LogP contribution in [0, 0.1) is 0 Å². The normalized spacial score (nSPS) is 11.6. The smallest absolute Gasteiger partial charge is 0.126 e. The Hall–Kier alpha value is -1.16. The summed E-state index contributed by atoms with van der Waals surface area (Å²) in [6, 6.07) is 1.77. The third kappa shape index (κ3) is 4.18. The number of aliphatic hydroxyl groups is 1. The van der Waals surface area contributed by atoms with Crippen LogP contribution in [0.5, 0.6) is 0 Å². The summed E-state index contributed by atoms with van der Waals surface area (Å²) in [6.45, 7) is 3.61. The van der Waals surface area contributed by atoms with E-state index >= 15 is 0 Å². The summed E-state index contributed by atoms with van der Waals surface area (Å²) in [6.07, 6.45) is 3.96. The van der Waals surface area contributed by atoms with Crippen molar-refractivity contribution in [1.82, 2.24) is 9.97 Å². The highest BCUT2D eigenvalue weighted by molar-refractivity contribution is 5.27. The fraction of sp³-hybridized carbons (Fsp3) is 0.600. The van der Waals surface area contributed by atoms with Crippen molar-refractivity contribution in [3.8, 4) is 0 Å². The van der Waals surface area contributed by atoms with Crippen LogP contribution in [0.2, 0.25) is 0 Å². The van der Waals surface area contributed by atoms with Crippen molar-refractivity contribution in [2.24, 2.45) is 0 Å². The maximum atomic E-state index is 9.49. The molecule has 0 aliphatic rings. The summed E-state index contributed by atoms with van der Waals surface area (Å²) >= 11 is 0. The molecule has 0 amide bonds. The first kappa shape index (κ1) is 10.9. The Kier molecular flexibility index (Phi) is 3.41. The fourth-order valence-corrected chi connectivity index (χ4v) is 1.25. The number of anilines is 1. The molecule has 0 atom stereocenters. The standard InChI is InChI=1S/C10H17N3O/c1-10(2,14)5-3-4-8-6-9(11)13-7-12-8/h6-7,14H,3-5H2,1-2H3,(H2,11,12,13). The molecule has 0 radical (unpaired) electrons. The molecule has 0 aromatic carbocycles. The zero-order chi connectivity index (χ0) is 10.6. The predicted molar refractivity (Wildman–Crippen MR) is 55.7 cm³/mol. The van der Waals surface area contributed by atoms with E-state index in [-0.39, 0.29) is 0 Å². The number of nitrogens with zero attached hydrogens (tertiary/aromatic N) is 2. The SMILES string of the molecule is CC(C)(O)CCCc1cc(N)ncn1. The van der Waals surface area contributed by atoms with Gasteiger partial charge in [-0.05, 0) is 33.1 Å². The Morgan fingerprint density at radius 3 is 2.71 bits per heavy atom. The van der Waals surface area contributed by atoms with Gasteiger partial charge in [-0.25, -0.2) is 9.97 Å². The number of aromatic nitrogens is 2. The maximum Gasteiger partial charge on any atom is 0.126 e. The van der Waals surface area contributed by atoms with Gasteiger partial charge in [-0.1, -0.05) is 0 Å². The van der Waals surface area contributed by atoms with E-state index in [4.69, 9.17) is 5.73 Å². The van der Waals surface area contributed by atoms with Gasteiger partial charge in [-0.15, -0.1) is 0 Å². The van der Waals surface area contributed by atoms with E-state index in [1.165, 1.54) is 6.33 Å². The van der Waals surface area contributed by atoms with Crippen molar-refractivity contribution in [3.05, 3.63) is 18.1 Å². The van der Waals surface area contributed by atoms with Crippen LogP contribution in [0.15, 0.2) is 12.4 Å². The first-order valence-corrected chi connectivity index (χ1v) is 4.76. The Bertz CT molecular complexity index is 294.